The van der Waals surface area contributed by atoms with Crippen LogP contribution < -0.4 is 11.1 Å². The van der Waals surface area contributed by atoms with Crippen LogP contribution in [0.1, 0.15) is 46.5 Å². The molecular weight excluding hydrogens is 216 g/mol. The van der Waals surface area contributed by atoms with E-state index < -0.39 is 6.04 Å². The van der Waals surface area contributed by atoms with Gasteiger partial charge in [-0.15, -0.1) is 0 Å². The summed E-state index contributed by atoms with van der Waals surface area (Å²) in [6.45, 7) is 7.04. The molecule has 1 atom stereocenters. The molecule has 17 heavy (non-hydrogen) atoms. The fourth-order valence-corrected chi connectivity index (χ4v) is 1.96. The second kappa shape index (κ2) is 6.36. The molecule has 1 rings (SSSR count). The minimum atomic E-state index is -0.464. The van der Waals surface area contributed by atoms with E-state index in [1.165, 1.54) is 12.8 Å². The Labute approximate surface area is 104 Å². The molecule has 0 aromatic rings. The van der Waals surface area contributed by atoms with Gasteiger partial charge >= 0.3 is 0 Å². The van der Waals surface area contributed by atoms with Crippen molar-refractivity contribution in [2.45, 2.75) is 58.6 Å². The Bertz CT molecular complexity index is 242. The molecule has 1 fully saturated rings. The number of hydrogen-bond acceptors (Lipinski definition) is 3. The van der Waals surface area contributed by atoms with Gasteiger partial charge in [-0.25, -0.2) is 0 Å². The summed E-state index contributed by atoms with van der Waals surface area (Å²) in [5.41, 5.74) is 5.65. The normalized spacial score (nSPS) is 19.3. The molecule has 0 spiro atoms. The Kier molecular flexibility index (Phi) is 5.40. The largest absolute Gasteiger partial charge is 0.376 e. The molecule has 1 saturated carbocycles. The summed E-state index contributed by atoms with van der Waals surface area (Å²) in [5.74, 6) is -0.0903. The average Bonchev–Trinajstić information content (AvgIpc) is 2.74. The summed E-state index contributed by atoms with van der Waals surface area (Å²) in [6, 6.07) is -0.464. The van der Waals surface area contributed by atoms with Crippen LogP contribution in [0.15, 0.2) is 0 Å². The Morgan fingerprint density at radius 1 is 1.41 bits per heavy atom. The summed E-state index contributed by atoms with van der Waals surface area (Å²) in [6.07, 6.45) is 5.27. The van der Waals surface area contributed by atoms with Crippen molar-refractivity contribution in [1.82, 2.24) is 5.32 Å². The zero-order valence-electron chi connectivity index (χ0n) is 11.3. The van der Waals surface area contributed by atoms with Gasteiger partial charge in [-0.05, 0) is 18.3 Å². The van der Waals surface area contributed by atoms with Crippen LogP contribution in [0.25, 0.3) is 0 Å². The summed E-state index contributed by atoms with van der Waals surface area (Å²) in [4.78, 5) is 11.7. The lowest BCUT2D eigenvalue weighted by Gasteiger charge is -2.25. The number of nitrogens with one attached hydrogen (secondary N) is 1. The third-order valence-corrected chi connectivity index (χ3v) is 3.27. The highest BCUT2D eigenvalue weighted by Gasteiger charge is 2.27. The molecule has 0 aromatic heterocycles. The predicted octanol–water partition coefficient (Wildman–Crippen LogP) is 1.44. The number of hydrogen-bond donors (Lipinski definition) is 2. The van der Waals surface area contributed by atoms with Crippen LogP contribution in [0.4, 0.5) is 0 Å². The second-order valence-corrected chi connectivity index (χ2v) is 5.91. The summed E-state index contributed by atoms with van der Waals surface area (Å²) in [7, 11) is 0. The molecule has 0 unspecified atom stereocenters. The molecule has 4 nitrogen and oxygen atoms in total. The van der Waals surface area contributed by atoms with Crippen molar-refractivity contribution in [3.63, 3.8) is 0 Å². The molecule has 0 bridgehead atoms. The average molecular weight is 242 g/mol. The van der Waals surface area contributed by atoms with E-state index >= 15 is 0 Å². The molecule has 100 valence electrons. The molecule has 1 aliphatic carbocycles. The zero-order chi connectivity index (χ0) is 12.9. The molecule has 0 saturated heterocycles. The van der Waals surface area contributed by atoms with Gasteiger partial charge < -0.3 is 15.8 Å². The number of rotatable bonds is 5. The molecule has 0 heterocycles. The second-order valence-electron chi connectivity index (χ2n) is 5.91. The lowest BCUT2D eigenvalue weighted by molar-refractivity contribution is -0.124. The molecule has 0 aromatic carbocycles. The van der Waals surface area contributed by atoms with Crippen molar-refractivity contribution in [3.8, 4) is 0 Å². The van der Waals surface area contributed by atoms with E-state index in [4.69, 9.17) is 10.5 Å². The Morgan fingerprint density at radius 2 is 2.00 bits per heavy atom. The van der Waals surface area contributed by atoms with Crippen LogP contribution in [0, 0.1) is 5.41 Å². The van der Waals surface area contributed by atoms with Gasteiger partial charge in [0.1, 0.15) is 0 Å². The van der Waals surface area contributed by atoms with Crippen LogP contribution in [-0.4, -0.2) is 31.2 Å². The van der Waals surface area contributed by atoms with Crippen LogP contribution >= 0.6 is 0 Å². The van der Waals surface area contributed by atoms with Crippen molar-refractivity contribution in [2.24, 2.45) is 11.1 Å². The molecule has 4 heteroatoms. The van der Waals surface area contributed by atoms with Gasteiger partial charge in [-0.2, -0.15) is 0 Å². The molecule has 0 aliphatic heterocycles. The monoisotopic (exact) mass is 242 g/mol. The van der Waals surface area contributed by atoms with Crippen molar-refractivity contribution >= 4 is 5.91 Å². The number of ether oxygens (including phenoxy) is 1. The molecule has 1 amide bonds. The van der Waals surface area contributed by atoms with Crippen LogP contribution in [-0.2, 0) is 9.53 Å². The molecule has 3 N–H and O–H groups in total. The predicted molar refractivity (Wildman–Crippen MR) is 68.6 cm³/mol. The first-order valence-corrected chi connectivity index (χ1v) is 6.56. The first kappa shape index (κ1) is 14.5. The van der Waals surface area contributed by atoms with Gasteiger partial charge in [-0.3, -0.25) is 4.79 Å². The van der Waals surface area contributed by atoms with Crippen molar-refractivity contribution in [2.75, 3.05) is 13.2 Å². The van der Waals surface area contributed by atoms with Crippen molar-refractivity contribution in [3.05, 3.63) is 0 Å². The Morgan fingerprint density at radius 3 is 2.53 bits per heavy atom. The SMILES string of the molecule is CC(C)(C)[C@H](N)C(=O)NCCOC1CCCC1. The lowest BCUT2D eigenvalue weighted by Crippen LogP contribution is -2.49. The summed E-state index contributed by atoms with van der Waals surface area (Å²) >= 11 is 0. The highest BCUT2D eigenvalue weighted by Crippen LogP contribution is 2.20. The maximum Gasteiger partial charge on any atom is 0.237 e. The number of nitrogens with two attached hydrogens (primary N) is 1. The standard InChI is InChI=1S/C13H26N2O2/c1-13(2,3)11(14)12(16)15-8-9-17-10-6-4-5-7-10/h10-11H,4-9,14H2,1-3H3,(H,15,16)/t11-/m1/s1. The summed E-state index contributed by atoms with van der Waals surface area (Å²) in [5, 5.41) is 2.82. The van der Waals surface area contributed by atoms with Gasteiger partial charge in [0, 0.05) is 6.54 Å². The fraction of sp³-hybridized carbons (Fsp3) is 0.923. The van der Waals surface area contributed by atoms with E-state index in [0.717, 1.165) is 12.8 Å². The summed E-state index contributed by atoms with van der Waals surface area (Å²) < 4.78 is 5.66. The smallest absolute Gasteiger partial charge is 0.237 e. The number of amides is 1. The van der Waals surface area contributed by atoms with Crippen LogP contribution in [0.3, 0.4) is 0 Å². The first-order chi connectivity index (χ1) is 7.91. The van der Waals surface area contributed by atoms with E-state index in [9.17, 15) is 4.79 Å². The highest BCUT2D eigenvalue weighted by molar-refractivity contribution is 5.82. The van der Waals surface area contributed by atoms with Crippen molar-refractivity contribution < 1.29 is 9.53 Å². The molecular formula is C13H26N2O2. The topological polar surface area (TPSA) is 64.4 Å². The van der Waals surface area contributed by atoms with Crippen LogP contribution in [0.2, 0.25) is 0 Å². The molecule has 0 radical (unpaired) electrons. The van der Waals surface area contributed by atoms with E-state index in [1.54, 1.807) is 0 Å². The quantitative estimate of drug-likeness (QED) is 0.717. The zero-order valence-corrected chi connectivity index (χ0v) is 11.3. The first-order valence-electron chi connectivity index (χ1n) is 6.56. The van der Waals surface area contributed by atoms with Gasteiger partial charge in [-0.1, -0.05) is 33.6 Å². The number of carbonyl (C=O) groups excluding carboxylic acids is 1. The minimum Gasteiger partial charge on any atom is -0.376 e. The lowest BCUT2D eigenvalue weighted by atomic mass is 9.87. The van der Waals surface area contributed by atoms with Crippen LogP contribution in [0.5, 0.6) is 0 Å². The third-order valence-electron chi connectivity index (χ3n) is 3.27. The third kappa shape index (κ3) is 5.04. The fourth-order valence-electron chi connectivity index (χ4n) is 1.96. The van der Waals surface area contributed by atoms with E-state index in [1.807, 2.05) is 20.8 Å². The maximum absolute atomic E-state index is 11.7. The van der Waals surface area contributed by atoms with Gasteiger partial charge in [0.2, 0.25) is 5.91 Å². The van der Waals surface area contributed by atoms with Gasteiger partial charge in [0.05, 0.1) is 18.8 Å². The Balaban J connectivity index is 2.11. The number of carbonyl (C=O) groups is 1. The van der Waals surface area contributed by atoms with Gasteiger partial charge in [0.25, 0.3) is 0 Å². The van der Waals surface area contributed by atoms with E-state index in [2.05, 4.69) is 5.32 Å². The molecule has 1 aliphatic rings. The van der Waals surface area contributed by atoms with E-state index in [0.29, 0.717) is 19.3 Å². The Hall–Kier alpha value is -0.610. The minimum absolute atomic E-state index is 0.0903. The van der Waals surface area contributed by atoms with E-state index in [-0.39, 0.29) is 11.3 Å². The van der Waals surface area contributed by atoms with Gasteiger partial charge in [0.15, 0.2) is 0 Å². The highest BCUT2D eigenvalue weighted by atomic mass is 16.5. The maximum atomic E-state index is 11.7. The van der Waals surface area contributed by atoms with Crippen molar-refractivity contribution in [1.29, 1.82) is 0 Å².